The highest BCUT2D eigenvalue weighted by molar-refractivity contribution is 7.11. The maximum Gasteiger partial charge on any atom is 0.248 e. The molecule has 5 nitrogen and oxygen atoms in total. The third kappa shape index (κ3) is 4.56. The molecule has 1 aromatic heterocycles. The maximum atomic E-state index is 12.0. The van der Waals surface area contributed by atoms with Crippen molar-refractivity contribution in [3.8, 4) is 0 Å². The lowest BCUT2D eigenvalue weighted by atomic mass is 10.2. The van der Waals surface area contributed by atoms with Crippen LogP contribution in [0.5, 0.6) is 0 Å². The lowest BCUT2D eigenvalue weighted by molar-refractivity contribution is -0.137. The summed E-state index contributed by atoms with van der Waals surface area (Å²) in [5.41, 5.74) is 0.968. The monoisotopic (exact) mass is 286 g/mol. The fourth-order valence-electron chi connectivity index (χ4n) is 1.74. The summed E-state index contributed by atoms with van der Waals surface area (Å²) in [5.74, 6) is -0.0475. The Morgan fingerprint density at radius 2 is 2.11 bits per heavy atom. The molecule has 19 heavy (non-hydrogen) atoms. The van der Waals surface area contributed by atoms with Gasteiger partial charge in [-0.1, -0.05) is 0 Å². The Bertz CT molecular complexity index is 420. The molecule has 0 bridgehead atoms. The summed E-state index contributed by atoms with van der Waals surface area (Å²) in [4.78, 5) is 19.3. The minimum absolute atomic E-state index is 0.0384. The van der Waals surface area contributed by atoms with Crippen molar-refractivity contribution in [1.29, 1.82) is 0 Å². The molecule has 0 aliphatic carbocycles. The summed E-state index contributed by atoms with van der Waals surface area (Å²) in [6, 6.07) is -0.0384. The fourth-order valence-corrected chi connectivity index (χ4v) is 2.64. The van der Waals surface area contributed by atoms with Crippen LogP contribution in [-0.4, -0.2) is 49.8 Å². The van der Waals surface area contributed by atoms with Crippen LogP contribution < -0.4 is 0 Å². The summed E-state index contributed by atoms with van der Waals surface area (Å²) in [6.45, 7) is 6.99. The Balaban J connectivity index is 2.54. The van der Waals surface area contributed by atoms with Gasteiger partial charge in [0.2, 0.25) is 5.91 Å². The minimum Gasteiger partial charge on any atom is -0.382 e. The van der Waals surface area contributed by atoms with Crippen molar-refractivity contribution in [3.05, 3.63) is 15.6 Å². The third-order valence-corrected chi connectivity index (χ3v) is 3.87. The lowest BCUT2D eigenvalue weighted by Gasteiger charge is -2.24. The molecule has 1 aromatic rings. The standard InChI is InChI=1S/C13H22N2O3S/c1-9(13-10(2)19-11(3)14-13)15(4)12(16)8-18-7-6-17-5/h9H,6-8H2,1-5H3/t9-/m0/s1. The molecular weight excluding hydrogens is 264 g/mol. The van der Waals surface area contributed by atoms with Crippen LogP contribution in [0, 0.1) is 13.8 Å². The second-order valence-corrected chi connectivity index (χ2v) is 5.81. The average molecular weight is 286 g/mol. The SMILES string of the molecule is COCCOCC(=O)N(C)[C@@H](C)c1nc(C)sc1C. The van der Waals surface area contributed by atoms with E-state index in [-0.39, 0.29) is 18.6 Å². The Morgan fingerprint density at radius 3 is 2.63 bits per heavy atom. The van der Waals surface area contributed by atoms with E-state index in [0.717, 1.165) is 15.6 Å². The predicted octanol–water partition coefficient (Wildman–Crippen LogP) is 1.94. The maximum absolute atomic E-state index is 12.0. The van der Waals surface area contributed by atoms with Crippen molar-refractivity contribution in [3.63, 3.8) is 0 Å². The van der Waals surface area contributed by atoms with Crippen molar-refractivity contribution in [1.82, 2.24) is 9.88 Å². The van der Waals surface area contributed by atoms with Crippen LogP contribution in [-0.2, 0) is 14.3 Å². The molecule has 0 N–H and O–H groups in total. The van der Waals surface area contributed by atoms with Crippen molar-refractivity contribution in [2.75, 3.05) is 34.0 Å². The van der Waals surface area contributed by atoms with Crippen LogP contribution in [0.4, 0.5) is 0 Å². The van der Waals surface area contributed by atoms with E-state index in [1.165, 1.54) is 0 Å². The zero-order valence-corrected chi connectivity index (χ0v) is 13.0. The van der Waals surface area contributed by atoms with Gasteiger partial charge < -0.3 is 14.4 Å². The van der Waals surface area contributed by atoms with Crippen molar-refractivity contribution >= 4 is 17.2 Å². The first-order chi connectivity index (χ1) is 8.97. The second kappa shape index (κ2) is 7.57. The molecule has 0 aliphatic heterocycles. The first-order valence-electron chi connectivity index (χ1n) is 6.23. The van der Waals surface area contributed by atoms with Gasteiger partial charge in [-0.25, -0.2) is 4.98 Å². The van der Waals surface area contributed by atoms with Gasteiger partial charge >= 0.3 is 0 Å². The predicted molar refractivity (Wildman–Crippen MR) is 75.5 cm³/mol. The molecule has 1 heterocycles. The number of carbonyl (C=O) groups is 1. The number of carbonyl (C=O) groups excluding carboxylic acids is 1. The number of methoxy groups -OCH3 is 1. The highest BCUT2D eigenvalue weighted by Crippen LogP contribution is 2.25. The molecule has 108 valence electrons. The van der Waals surface area contributed by atoms with Gasteiger partial charge in [0.1, 0.15) is 6.61 Å². The van der Waals surface area contributed by atoms with E-state index in [0.29, 0.717) is 13.2 Å². The zero-order chi connectivity index (χ0) is 14.4. The minimum atomic E-state index is -0.0475. The summed E-state index contributed by atoms with van der Waals surface area (Å²) < 4.78 is 10.1. The molecule has 1 amide bonds. The first kappa shape index (κ1) is 16.1. The van der Waals surface area contributed by atoms with Gasteiger partial charge in [-0.2, -0.15) is 0 Å². The summed E-state index contributed by atoms with van der Waals surface area (Å²) in [7, 11) is 3.38. The molecule has 6 heteroatoms. The Labute approximate surface area is 118 Å². The van der Waals surface area contributed by atoms with E-state index in [2.05, 4.69) is 4.98 Å². The van der Waals surface area contributed by atoms with Crippen molar-refractivity contribution in [2.24, 2.45) is 0 Å². The van der Waals surface area contributed by atoms with E-state index in [1.807, 2.05) is 20.8 Å². The van der Waals surface area contributed by atoms with Gasteiger partial charge in [-0.3, -0.25) is 4.79 Å². The van der Waals surface area contributed by atoms with E-state index < -0.39 is 0 Å². The second-order valence-electron chi connectivity index (χ2n) is 4.40. The van der Waals surface area contributed by atoms with Gasteiger partial charge in [-0.15, -0.1) is 11.3 Å². The van der Waals surface area contributed by atoms with Crippen LogP contribution in [0.2, 0.25) is 0 Å². The summed E-state index contributed by atoms with van der Waals surface area (Å²) in [6.07, 6.45) is 0. The number of likely N-dealkylation sites (N-methyl/N-ethyl adjacent to an activating group) is 1. The van der Waals surface area contributed by atoms with Gasteiger partial charge in [0.05, 0.1) is 30.0 Å². The number of hydrogen-bond acceptors (Lipinski definition) is 5. The number of hydrogen-bond donors (Lipinski definition) is 0. The normalized spacial score (nSPS) is 12.5. The third-order valence-electron chi connectivity index (χ3n) is 2.97. The molecule has 0 fully saturated rings. The highest BCUT2D eigenvalue weighted by atomic mass is 32.1. The van der Waals surface area contributed by atoms with Crippen LogP contribution >= 0.6 is 11.3 Å². The van der Waals surface area contributed by atoms with Gasteiger partial charge in [0, 0.05) is 19.0 Å². The molecule has 0 saturated carbocycles. The van der Waals surface area contributed by atoms with Crippen molar-refractivity contribution in [2.45, 2.75) is 26.8 Å². The molecule has 1 rings (SSSR count). The molecule has 1 atom stereocenters. The molecule has 0 unspecified atom stereocenters. The summed E-state index contributed by atoms with van der Waals surface area (Å²) >= 11 is 1.65. The van der Waals surface area contributed by atoms with E-state index in [4.69, 9.17) is 9.47 Å². The van der Waals surface area contributed by atoms with Crippen LogP contribution in [0.3, 0.4) is 0 Å². The molecule has 0 spiro atoms. The highest BCUT2D eigenvalue weighted by Gasteiger charge is 2.21. The molecule has 0 radical (unpaired) electrons. The van der Waals surface area contributed by atoms with Crippen molar-refractivity contribution < 1.29 is 14.3 Å². The number of rotatable bonds is 7. The molecule has 0 aromatic carbocycles. The molecule has 0 aliphatic rings. The number of aromatic nitrogens is 1. The Hall–Kier alpha value is -0.980. The number of ether oxygens (including phenoxy) is 2. The van der Waals surface area contributed by atoms with Gasteiger partial charge in [-0.05, 0) is 20.8 Å². The number of thiazole rings is 1. The average Bonchev–Trinajstić information content (AvgIpc) is 2.71. The smallest absolute Gasteiger partial charge is 0.248 e. The largest absolute Gasteiger partial charge is 0.382 e. The van der Waals surface area contributed by atoms with Gasteiger partial charge in [0.15, 0.2) is 0 Å². The quantitative estimate of drug-likeness (QED) is 0.719. The van der Waals surface area contributed by atoms with Crippen LogP contribution in [0.1, 0.15) is 28.5 Å². The topological polar surface area (TPSA) is 51.7 Å². The number of amides is 1. The first-order valence-corrected chi connectivity index (χ1v) is 7.05. The zero-order valence-electron chi connectivity index (χ0n) is 12.2. The summed E-state index contributed by atoms with van der Waals surface area (Å²) in [5, 5.41) is 1.02. The van der Waals surface area contributed by atoms with E-state index in [9.17, 15) is 4.79 Å². The van der Waals surface area contributed by atoms with E-state index in [1.54, 1.807) is 30.4 Å². The molecular formula is C13H22N2O3S. The fraction of sp³-hybridized carbons (Fsp3) is 0.692. The Morgan fingerprint density at radius 1 is 1.42 bits per heavy atom. The van der Waals surface area contributed by atoms with Crippen LogP contribution in [0.25, 0.3) is 0 Å². The van der Waals surface area contributed by atoms with E-state index >= 15 is 0 Å². The van der Waals surface area contributed by atoms with Gasteiger partial charge in [0.25, 0.3) is 0 Å². The number of nitrogens with zero attached hydrogens (tertiary/aromatic N) is 2. The van der Waals surface area contributed by atoms with Crippen LogP contribution in [0.15, 0.2) is 0 Å². The lowest BCUT2D eigenvalue weighted by Crippen LogP contribution is -2.33. The number of aryl methyl sites for hydroxylation is 2. The Kier molecular flexibility index (Phi) is 6.41. The molecule has 0 saturated heterocycles.